The number of hydrogen-bond acceptors (Lipinski definition) is 1. The summed E-state index contributed by atoms with van der Waals surface area (Å²) in [5.74, 6) is 0.127. The van der Waals surface area contributed by atoms with Gasteiger partial charge in [0.15, 0.2) is 0 Å². The van der Waals surface area contributed by atoms with Crippen LogP contribution in [-0.4, -0.2) is 24.4 Å². The van der Waals surface area contributed by atoms with Crippen molar-refractivity contribution in [2.45, 2.75) is 20.8 Å². The van der Waals surface area contributed by atoms with Gasteiger partial charge in [0.2, 0.25) is 5.91 Å². The molecule has 62 valence electrons. The van der Waals surface area contributed by atoms with Crippen molar-refractivity contribution in [3.05, 3.63) is 11.6 Å². The third-order valence-electron chi connectivity index (χ3n) is 2.42. The second-order valence-electron chi connectivity index (χ2n) is 3.91. The van der Waals surface area contributed by atoms with Crippen LogP contribution < -0.4 is 0 Å². The molecule has 0 aliphatic carbocycles. The summed E-state index contributed by atoms with van der Waals surface area (Å²) in [6, 6.07) is 0. The molecule has 0 aromatic carbocycles. The molecule has 0 spiro atoms. The molecule has 0 radical (unpaired) electrons. The van der Waals surface area contributed by atoms with Gasteiger partial charge in [-0.05, 0) is 6.92 Å². The summed E-state index contributed by atoms with van der Waals surface area (Å²) < 4.78 is 0. The van der Waals surface area contributed by atoms with Crippen molar-refractivity contribution < 1.29 is 4.79 Å². The second-order valence-corrected chi connectivity index (χ2v) is 3.91. The first-order valence-electron chi connectivity index (χ1n) is 3.87. The Morgan fingerprint density at radius 2 is 2.09 bits per heavy atom. The fourth-order valence-electron chi connectivity index (χ4n) is 1.29. The Hall–Kier alpha value is -0.790. The third kappa shape index (κ3) is 1.44. The highest BCUT2D eigenvalue weighted by Gasteiger charge is 2.28. The Balaban J connectivity index is 2.95. The van der Waals surface area contributed by atoms with Crippen molar-refractivity contribution in [1.82, 2.24) is 4.90 Å². The van der Waals surface area contributed by atoms with Crippen molar-refractivity contribution >= 4 is 5.91 Å². The molecule has 1 rings (SSSR count). The number of hydrogen-bond donors (Lipinski definition) is 0. The molecule has 11 heavy (non-hydrogen) atoms. The van der Waals surface area contributed by atoms with E-state index < -0.39 is 0 Å². The van der Waals surface area contributed by atoms with Gasteiger partial charge in [-0.25, -0.2) is 0 Å². The van der Waals surface area contributed by atoms with E-state index in [-0.39, 0.29) is 11.3 Å². The molecule has 2 heteroatoms. The summed E-state index contributed by atoms with van der Waals surface area (Å²) in [5.41, 5.74) is 1.34. The fraction of sp³-hybridized carbons (Fsp3) is 0.667. The van der Waals surface area contributed by atoms with Crippen molar-refractivity contribution in [1.29, 1.82) is 0 Å². The molecule has 0 saturated carbocycles. The largest absolute Gasteiger partial charge is 0.341 e. The normalized spacial score (nSPS) is 23.5. The number of rotatable bonds is 0. The van der Waals surface area contributed by atoms with Crippen LogP contribution in [0.5, 0.6) is 0 Å². The maximum atomic E-state index is 11.1. The molecule has 0 bridgehead atoms. The minimum absolute atomic E-state index is 0.127. The molecule has 0 N–H and O–H groups in total. The zero-order valence-corrected chi connectivity index (χ0v) is 7.64. The standard InChI is InChI=1S/C9H15NO/c1-7-5-8(11)10(4)6-9(7,2)3/h5H,6H2,1-4H3. The summed E-state index contributed by atoms with van der Waals surface area (Å²) in [6.45, 7) is 7.16. The maximum absolute atomic E-state index is 11.1. The average Bonchev–Trinajstić information content (AvgIpc) is 1.83. The Morgan fingerprint density at radius 3 is 2.55 bits per heavy atom. The summed E-state index contributed by atoms with van der Waals surface area (Å²) in [4.78, 5) is 12.9. The highest BCUT2D eigenvalue weighted by Crippen LogP contribution is 2.29. The molecule has 1 amide bonds. The molecule has 2 nitrogen and oxygen atoms in total. The van der Waals surface area contributed by atoms with E-state index in [1.807, 2.05) is 14.0 Å². The smallest absolute Gasteiger partial charge is 0.246 e. The van der Waals surface area contributed by atoms with Crippen molar-refractivity contribution in [3.63, 3.8) is 0 Å². The highest BCUT2D eigenvalue weighted by atomic mass is 16.2. The SMILES string of the molecule is CC1=CC(=O)N(C)CC1(C)C. The molecule has 0 unspecified atom stereocenters. The third-order valence-corrected chi connectivity index (χ3v) is 2.42. The summed E-state index contributed by atoms with van der Waals surface area (Å²) in [6.07, 6.45) is 1.73. The van der Waals surface area contributed by atoms with E-state index >= 15 is 0 Å². The van der Waals surface area contributed by atoms with Gasteiger partial charge in [-0.1, -0.05) is 19.4 Å². The van der Waals surface area contributed by atoms with E-state index in [0.29, 0.717) is 0 Å². The van der Waals surface area contributed by atoms with Gasteiger partial charge in [-0.15, -0.1) is 0 Å². The molecule has 0 aromatic rings. The lowest BCUT2D eigenvalue weighted by Crippen LogP contribution is -2.40. The predicted octanol–water partition coefficient (Wildman–Crippen LogP) is 1.43. The van der Waals surface area contributed by atoms with Crippen LogP contribution in [0.3, 0.4) is 0 Å². The van der Waals surface area contributed by atoms with E-state index in [9.17, 15) is 4.79 Å². The Kier molecular flexibility index (Phi) is 1.78. The molecule has 0 saturated heterocycles. The molecule has 1 aliphatic rings. The molecule has 0 atom stereocenters. The van der Waals surface area contributed by atoms with E-state index in [1.54, 1.807) is 11.0 Å². The number of carbonyl (C=O) groups excluding carboxylic acids is 1. The molecule has 0 aromatic heterocycles. The lowest BCUT2D eigenvalue weighted by Gasteiger charge is -2.35. The number of nitrogens with zero attached hydrogens (tertiary/aromatic N) is 1. The Morgan fingerprint density at radius 1 is 1.55 bits per heavy atom. The van der Waals surface area contributed by atoms with E-state index in [1.165, 1.54) is 5.57 Å². The average molecular weight is 153 g/mol. The number of carbonyl (C=O) groups is 1. The number of likely N-dealkylation sites (N-methyl/N-ethyl adjacent to an activating group) is 1. The minimum atomic E-state index is 0.127. The quantitative estimate of drug-likeness (QED) is 0.515. The van der Waals surface area contributed by atoms with Crippen LogP contribution in [0.4, 0.5) is 0 Å². The Bertz CT molecular complexity index is 216. The van der Waals surface area contributed by atoms with Gasteiger partial charge >= 0.3 is 0 Å². The van der Waals surface area contributed by atoms with Crippen LogP contribution in [0.15, 0.2) is 11.6 Å². The van der Waals surface area contributed by atoms with Crippen LogP contribution in [0, 0.1) is 5.41 Å². The van der Waals surface area contributed by atoms with Gasteiger partial charge in [-0.2, -0.15) is 0 Å². The zero-order chi connectivity index (χ0) is 8.65. The molecule has 1 aliphatic heterocycles. The monoisotopic (exact) mass is 153 g/mol. The fourth-order valence-corrected chi connectivity index (χ4v) is 1.29. The van der Waals surface area contributed by atoms with Gasteiger partial charge in [0, 0.05) is 25.1 Å². The van der Waals surface area contributed by atoms with Gasteiger partial charge in [0.05, 0.1) is 0 Å². The molecular formula is C9H15NO. The maximum Gasteiger partial charge on any atom is 0.246 e. The van der Waals surface area contributed by atoms with Crippen LogP contribution >= 0.6 is 0 Å². The van der Waals surface area contributed by atoms with E-state index in [0.717, 1.165) is 6.54 Å². The van der Waals surface area contributed by atoms with Gasteiger partial charge in [-0.3, -0.25) is 4.79 Å². The van der Waals surface area contributed by atoms with Gasteiger partial charge in [0.25, 0.3) is 0 Å². The molecule has 1 heterocycles. The second kappa shape index (κ2) is 2.36. The van der Waals surface area contributed by atoms with Crippen molar-refractivity contribution in [3.8, 4) is 0 Å². The van der Waals surface area contributed by atoms with Crippen LogP contribution in [0.2, 0.25) is 0 Å². The van der Waals surface area contributed by atoms with Crippen LogP contribution in [-0.2, 0) is 4.79 Å². The zero-order valence-electron chi connectivity index (χ0n) is 7.64. The van der Waals surface area contributed by atoms with E-state index in [4.69, 9.17) is 0 Å². The highest BCUT2D eigenvalue weighted by molar-refractivity contribution is 5.89. The molecule has 0 fully saturated rings. The molecular weight excluding hydrogens is 138 g/mol. The first-order chi connectivity index (χ1) is 4.93. The summed E-state index contributed by atoms with van der Waals surface area (Å²) in [5, 5.41) is 0. The lowest BCUT2D eigenvalue weighted by atomic mass is 9.82. The van der Waals surface area contributed by atoms with Gasteiger partial charge in [0.1, 0.15) is 0 Å². The van der Waals surface area contributed by atoms with Gasteiger partial charge < -0.3 is 4.90 Å². The van der Waals surface area contributed by atoms with Crippen molar-refractivity contribution in [2.75, 3.05) is 13.6 Å². The lowest BCUT2D eigenvalue weighted by molar-refractivity contribution is -0.126. The number of amides is 1. The first-order valence-corrected chi connectivity index (χ1v) is 3.87. The van der Waals surface area contributed by atoms with Crippen molar-refractivity contribution in [2.24, 2.45) is 5.41 Å². The summed E-state index contributed by atoms with van der Waals surface area (Å²) >= 11 is 0. The van der Waals surface area contributed by atoms with E-state index in [2.05, 4.69) is 13.8 Å². The topological polar surface area (TPSA) is 20.3 Å². The summed E-state index contributed by atoms with van der Waals surface area (Å²) in [7, 11) is 1.84. The predicted molar refractivity (Wildman–Crippen MR) is 45.2 cm³/mol. The van der Waals surface area contributed by atoms with Crippen LogP contribution in [0.25, 0.3) is 0 Å². The minimum Gasteiger partial charge on any atom is -0.341 e. The van der Waals surface area contributed by atoms with Crippen LogP contribution in [0.1, 0.15) is 20.8 Å². The first kappa shape index (κ1) is 8.31. The Labute approximate surface area is 67.9 Å².